The highest BCUT2D eigenvalue weighted by Crippen LogP contribution is 2.31. The van der Waals surface area contributed by atoms with Gasteiger partial charge in [0.15, 0.2) is 0 Å². The van der Waals surface area contributed by atoms with Crippen LogP contribution in [0.1, 0.15) is 31.2 Å². The van der Waals surface area contributed by atoms with Crippen LogP contribution in [0.4, 0.5) is 0 Å². The molecule has 110 valence electrons. The molecule has 3 rings (SSSR count). The lowest BCUT2D eigenvalue weighted by atomic mass is 9.96. The quantitative estimate of drug-likeness (QED) is 0.865. The molecule has 1 aliphatic carbocycles. The van der Waals surface area contributed by atoms with Gasteiger partial charge in [0, 0.05) is 12.6 Å². The summed E-state index contributed by atoms with van der Waals surface area (Å²) in [5.74, 6) is 0.771. The monoisotopic (exact) mass is 275 g/mol. The molecule has 1 saturated heterocycles. The molecule has 1 aromatic carbocycles. The molecule has 1 saturated carbocycles. The minimum atomic E-state index is -0.174. The SMILES string of the molecule is OC[C@]1(N[C@@H]2CC[C@@H](Cc3ccccc3)C2)CCOC1. The fourth-order valence-corrected chi connectivity index (χ4v) is 3.66. The van der Waals surface area contributed by atoms with Gasteiger partial charge in [-0.2, -0.15) is 0 Å². The first-order chi connectivity index (χ1) is 9.80. The van der Waals surface area contributed by atoms with Gasteiger partial charge in [-0.05, 0) is 43.6 Å². The van der Waals surface area contributed by atoms with Gasteiger partial charge in [-0.3, -0.25) is 0 Å². The van der Waals surface area contributed by atoms with Crippen molar-refractivity contribution in [2.75, 3.05) is 19.8 Å². The first kappa shape index (κ1) is 14.1. The van der Waals surface area contributed by atoms with Crippen LogP contribution < -0.4 is 5.32 Å². The molecule has 3 nitrogen and oxygen atoms in total. The van der Waals surface area contributed by atoms with Crippen molar-refractivity contribution in [3.05, 3.63) is 35.9 Å². The molecule has 3 heteroatoms. The molecule has 3 atom stereocenters. The molecule has 2 fully saturated rings. The normalized spacial score (nSPS) is 33.6. The van der Waals surface area contributed by atoms with Crippen molar-refractivity contribution in [2.45, 2.75) is 43.7 Å². The highest BCUT2D eigenvalue weighted by molar-refractivity contribution is 5.15. The molecule has 1 aromatic rings. The second kappa shape index (κ2) is 6.25. The minimum Gasteiger partial charge on any atom is -0.394 e. The molecule has 2 aliphatic rings. The summed E-state index contributed by atoms with van der Waals surface area (Å²) in [4.78, 5) is 0. The third-order valence-electron chi connectivity index (χ3n) is 4.82. The summed E-state index contributed by atoms with van der Waals surface area (Å²) < 4.78 is 5.46. The zero-order valence-electron chi connectivity index (χ0n) is 12.1. The van der Waals surface area contributed by atoms with Crippen LogP contribution >= 0.6 is 0 Å². The first-order valence-electron chi connectivity index (χ1n) is 7.80. The van der Waals surface area contributed by atoms with E-state index in [1.165, 1.54) is 31.2 Å². The predicted molar refractivity (Wildman–Crippen MR) is 79.7 cm³/mol. The Kier molecular flexibility index (Phi) is 4.39. The molecule has 0 amide bonds. The van der Waals surface area contributed by atoms with Crippen LogP contribution in [0.2, 0.25) is 0 Å². The van der Waals surface area contributed by atoms with Crippen molar-refractivity contribution >= 4 is 0 Å². The van der Waals surface area contributed by atoms with E-state index in [-0.39, 0.29) is 12.1 Å². The van der Waals surface area contributed by atoms with Crippen molar-refractivity contribution in [1.29, 1.82) is 0 Å². The van der Waals surface area contributed by atoms with E-state index in [4.69, 9.17) is 4.74 Å². The van der Waals surface area contributed by atoms with Crippen molar-refractivity contribution in [2.24, 2.45) is 5.92 Å². The Hall–Kier alpha value is -0.900. The van der Waals surface area contributed by atoms with E-state index < -0.39 is 0 Å². The number of aliphatic hydroxyl groups is 1. The summed E-state index contributed by atoms with van der Waals surface area (Å²) in [5.41, 5.74) is 1.27. The summed E-state index contributed by atoms with van der Waals surface area (Å²) in [7, 11) is 0. The van der Waals surface area contributed by atoms with Gasteiger partial charge in [0.2, 0.25) is 0 Å². The Bertz CT molecular complexity index is 414. The van der Waals surface area contributed by atoms with Gasteiger partial charge in [0.05, 0.1) is 18.8 Å². The number of hydrogen-bond acceptors (Lipinski definition) is 3. The van der Waals surface area contributed by atoms with E-state index in [0.717, 1.165) is 18.9 Å². The van der Waals surface area contributed by atoms with Crippen LogP contribution in [-0.4, -0.2) is 36.5 Å². The molecule has 0 unspecified atom stereocenters. The topological polar surface area (TPSA) is 41.5 Å². The molecule has 0 radical (unpaired) electrons. The van der Waals surface area contributed by atoms with E-state index in [1.54, 1.807) is 0 Å². The predicted octanol–water partition coefficient (Wildman–Crippen LogP) is 2.14. The van der Waals surface area contributed by atoms with E-state index in [9.17, 15) is 5.11 Å². The maximum absolute atomic E-state index is 9.64. The average molecular weight is 275 g/mol. The van der Waals surface area contributed by atoms with Crippen LogP contribution in [-0.2, 0) is 11.2 Å². The first-order valence-corrected chi connectivity index (χ1v) is 7.80. The van der Waals surface area contributed by atoms with Gasteiger partial charge >= 0.3 is 0 Å². The Labute approximate surface area is 121 Å². The van der Waals surface area contributed by atoms with Crippen molar-refractivity contribution in [3.8, 4) is 0 Å². The van der Waals surface area contributed by atoms with Crippen LogP contribution in [0.15, 0.2) is 30.3 Å². The molecule has 0 spiro atoms. The Morgan fingerprint density at radius 3 is 2.80 bits per heavy atom. The van der Waals surface area contributed by atoms with Crippen LogP contribution in [0.5, 0.6) is 0 Å². The fraction of sp³-hybridized carbons (Fsp3) is 0.647. The summed E-state index contributed by atoms with van der Waals surface area (Å²) in [6.07, 6.45) is 5.84. The molecule has 1 heterocycles. The highest BCUT2D eigenvalue weighted by atomic mass is 16.5. The third kappa shape index (κ3) is 3.22. The zero-order chi connectivity index (χ0) is 13.8. The second-order valence-electron chi connectivity index (χ2n) is 6.45. The maximum Gasteiger partial charge on any atom is 0.0675 e. The molecule has 20 heavy (non-hydrogen) atoms. The fourth-order valence-electron chi connectivity index (χ4n) is 3.66. The molecule has 0 aromatic heterocycles. The molecule has 1 aliphatic heterocycles. The smallest absolute Gasteiger partial charge is 0.0675 e. The van der Waals surface area contributed by atoms with Crippen LogP contribution in [0, 0.1) is 5.92 Å². The standard InChI is InChI=1S/C17H25NO2/c19-12-17(8-9-20-13-17)18-16-7-6-15(11-16)10-14-4-2-1-3-5-14/h1-5,15-16,18-19H,6-13H2/t15-,16+,17+/m0/s1. The largest absolute Gasteiger partial charge is 0.394 e. The number of ether oxygens (including phenoxy) is 1. The lowest BCUT2D eigenvalue weighted by molar-refractivity contribution is 0.112. The molecule has 2 N–H and O–H groups in total. The van der Waals surface area contributed by atoms with E-state index in [2.05, 4.69) is 35.6 Å². The van der Waals surface area contributed by atoms with E-state index >= 15 is 0 Å². The van der Waals surface area contributed by atoms with Crippen molar-refractivity contribution in [3.63, 3.8) is 0 Å². The molecular formula is C17H25NO2. The van der Waals surface area contributed by atoms with Crippen molar-refractivity contribution < 1.29 is 9.84 Å². The summed E-state index contributed by atoms with van der Waals surface area (Å²) in [5, 5.41) is 13.3. The molecular weight excluding hydrogens is 250 g/mol. The Morgan fingerprint density at radius 1 is 1.25 bits per heavy atom. The Morgan fingerprint density at radius 2 is 2.10 bits per heavy atom. The van der Waals surface area contributed by atoms with Gasteiger partial charge in [-0.25, -0.2) is 0 Å². The highest BCUT2D eigenvalue weighted by Gasteiger charge is 2.38. The van der Waals surface area contributed by atoms with Gasteiger partial charge < -0.3 is 15.2 Å². The lowest BCUT2D eigenvalue weighted by Gasteiger charge is -2.30. The van der Waals surface area contributed by atoms with Gasteiger partial charge in [0.1, 0.15) is 0 Å². The summed E-state index contributed by atoms with van der Waals surface area (Å²) >= 11 is 0. The molecule has 0 bridgehead atoms. The maximum atomic E-state index is 9.64. The van der Waals surface area contributed by atoms with Crippen LogP contribution in [0.3, 0.4) is 0 Å². The minimum absolute atomic E-state index is 0.174. The van der Waals surface area contributed by atoms with Gasteiger partial charge in [-0.15, -0.1) is 0 Å². The number of benzene rings is 1. The van der Waals surface area contributed by atoms with Crippen molar-refractivity contribution in [1.82, 2.24) is 5.32 Å². The second-order valence-corrected chi connectivity index (χ2v) is 6.45. The Balaban J connectivity index is 1.52. The number of rotatable bonds is 5. The summed E-state index contributed by atoms with van der Waals surface area (Å²) in [6, 6.07) is 11.3. The number of aliphatic hydroxyl groups excluding tert-OH is 1. The zero-order valence-corrected chi connectivity index (χ0v) is 12.1. The number of hydrogen-bond donors (Lipinski definition) is 2. The van der Waals surface area contributed by atoms with E-state index in [0.29, 0.717) is 12.6 Å². The van der Waals surface area contributed by atoms with Crippen LogP contribution in [0.25, 0.3) is 0 Å². The van der Waals surface area contributed by atoms with E-state index in [1.807, 2.05) is 0 Å². The van der Waals surface area contributed by atoms with Gasteiger partial charge in [-0.1, -0.05) is 30.3 Å². The summed E-state index contributed by atoms with van der Waals surface area (Å²) in [6.45, 7) is 1.62. The number of nitrogens with one attached hydrogen (secondary N) is 1. The van der Waals surface area contributed by atoms with Gasteiger partial charge in [0.25, 0.3) is 0 Å². The lowest BCUT2D eigenvalue weighted by Crippen LogP contribution is -2.53. The average Bonchev–Trinajstić information content (AvgIpc) is 3.11. The third-order valence-corrected chi connectivity index (χ3v) is 4.82.